The highest BCUT2D eigenvalue weighted by Gasteiger charge is 2.16. The van der Waals surface area contributed by atoms with E-state index in [4.69, 9.17) is 0 Å². The number of aliphatic hydroxyl groups is 1. The second kappa shape index (κ2) is 6.50. The Hall–Kier alpha value is -0.420. The molecule has 0 amide bonds. The lowest BCUT2D eigenvalue weighted by Gasteiger charge is -2.21. The maximum Gasteiger partial charge on any atom is 0.0791 e. The van der Waals surface area contributed by atoms with Crippen molar-refractivity contribution in [1.29, 1.82) is 0 Å². The van der Waals surface area contributed by atoms with E-state index in [2.05, 4.69) is 34.0 Å². The Kier molecular flexibility index (Phi) is 4.98. The number of hydrogen-bond acceptors (Lipinski definition) is 4. The molecular weight excluding hydrogens is 232 g/mol. The Bertz CT molecular complexity index is 309. The summed E-state index contributed by atoms with van der Waals surface area (Å²) in [4.78, 5) is 2.35. The molecule has 0 radical (unpaired) electrons. The van der Waals surface area contributed by atoms with Gasteiger partial charge in [0.05, 0.1) is 6.10 Å². The molecule has 0 spiro atoms. The summed E-state index contributed by atoms with van der Waals surface area (Å²) in [7, 11) is 0. The molecule has 1 aliphatic heterocycles. The molecule has 0 saturated carbocycles. The van der Waals surface area contributed by atoms with E-state index in [1.54, 1.807) is 11.3 Å². The zero-order valence-electron chi connectivity index (χ0n) is 10.4. The lowest BCUT2D eigenvalue weighted by molar-refractivity contribution is 0.121. The van der Waals surface area contributed by atoms with Gasteiger partial charge < -0.3 is 15.3 Å². The van der Waals surface area contributed by atoms with Gasteiger partial charge in [-0.05, 0) is 55.2 Å². The van der Waals surface area contributed by atoms with Gasteiger partial charge >= 0.3 is 0 Å². The number of nitrogens with zero attached hydrogens (tertiary/aromatic N) is 1. The van der Waals surface area contributed by atoms with Crippen LogP contribution in [0, 0.1) is 0 Å². The molecule has 2 heterocycles. The molecule has 1 aliphatic rings. The molecule has 2 unspecified atom stereocenters. The van der Waals surface area contributed by atoms with E-state index in [1.165, 1.54) is 18.4 Å². The largest absolute Gasteiger partial charge is 0.390 e. The van der Waals surface area contributed by atoms with E-state index < -0.39 is 0 Å². The molecule has 0 aromatic carbocycles. The Balaban J connectivity index is 1.66. The van der Waals surface area contributed by atoms with Crippen LogP contribution in [0.5, 0.6) is 0 Å². The molecule has 2 N–H and O–H groups in total. The van der Waals surface area contributed by atoms with Crippen LogP contribution in [-0.4, -0.2) is 42.3 Å². The van der Waals surface area contributed by atoms with Crippen molar-refractivity contribution in [3.05, 3.63) is 22.4 Å². The summed E-state index contributed by atoms with van der Waals surface area (Å²) < 4.78 is 0. The summed E-state index contributed by atoms with van der Waals surface area (Å²) >= 11 is 1.72. The molecule has 0 bridgehead atoms. The third kappa shape index (κ3) is 4.07. The number of nitrogens with one attached hydrogen (secondary N) is 1. The molecular formula is C13H22N2OS. The Morgan fingerprint density at radius 1 is 1.47 bits per heavy atom. The van der Waals surface area contributed by atoms with Crippen molar-refractivity contribution in [2.24, 2.45) is 0 Å². The van der Waals surface area contributed by atoms with Crippen LogP contribution in [0.15, 0.2) is 16.8 Å². The fourth-order valence-corrected chi connectivity index (χ4v) is 3.03. The molecule has 3 nitrogen and oxygen atoms in total. The molecule has 96 valence electrons. The topological polar surface area (TPSA) is 35.5 Å². The average molecular weight is 254 g/mol. The van der Waals surface area contributed by atoms with Gasteiger partial charge in [-0.25, -0.2) is 0 Å². The highest BCUT2D eigenvalue weighted by atomic mass is 32.1. The third-order valence-corrected chi connectivity index (χ3v) is 4.07. The number of β-amino-alcohol motifs (C(OH)–C–C–N with tert-alkyl or cyclic N) is 1. The SMILES string of the molecule is CC(NCC(O)CN1CCCC1)c1ccsc1. The minimum atomic E-state index is -0.255. The molecule has 1 aromatic heterocycles. The van der Waals surface area contributed by atoms with E-state index in [0.717, 1.165) is 19.6 Å². The van der Waals surface area contributed by atoms with Gasteiger partial charge in [0, 0.05) is 19.1 Å². The fourth-order valence-electron chi connectivity index (χ4n) is 2.28. The first-order valence-electron chi connectivity index (χ1n) is 6.41. The quantitative estimate of drug-likeness (QED) is 0.813. The summed E-state index contributed by atoms with van der Waals surface area (Å²) in [5.74, 6) is 0. The number of rotatable bonds is 6. The van der Waals surface area contributed by atoms with Gasteiger partial charge in [-0.3, -0.25) is 0 Å². The Morgan fingerprint density at radius 3 is 2.88 bits per heavy atom. The number of aliphatic hydroxyl groups excluding tert-OH is 1. The van der Waals surface area contributed by atoms with Gasteiger partial charge in [0.15, 0.2) is 0 Å². The van der Waals surface area contributed by atoms with Crippen molar-refractivity contribution in [3.63, 3.8) is 0 Å². The maximum atomic E-state index is 9.95. The van der Waals surface area contributed by atoms with Crippen molar-refractivity contribution in [2.45, 2.75) is 31.9 Å². The first-order chi connectivity index (χ1) is 8.25. The molecule has 1 saturated heterocycles. The third-order valence-electron chi connectivity index (χ3n) is 3.37. The van der Waals surface area contributed by atoms with Crippen LogP contribution in [0.3, 0.4) is 0 Å². The van der Waals surface area contributed by atoms with E-state index >= 15 is 0 Å². The number of thiophene rings is 1. The van der Waals surface area contributed by atoms with Crippen molar-refractivity contribution in [1.82, 2.24) is 10.2 Å². The van der Waals surface area contributed by atoms with Crippen molar-refractivity contribution in [3.8, 4) is 0 Å². The normalized spacial score (nSPS) is 20.6. The van der Waals surface area contributed by atoms with Gasteiger partial charge in [0.2, 0.25) is 0 Å². The van der Waals surface area contributed by atoms with Crippen LogP contribution < -0.4 is 5.32 Å². The monoisotopic (exact) mass is 254 g/mol. The van der Waals surface area contributed by atoms with Crippen molar-refractivity contribution >= 4 is 11.3 Å². The van der Waals surface area contributed by atoms with Crippen LogP contribution in [0.4, 0.5) is 0 Å². The molecule has 2 atom stereocenters. The second-order valence-electron chi connectivity index (χ2n) is 4.85. The molecule has 1 fully saturated rings. The zero-order chi connectivity index (χ0) is 12.1. The van der Waals surface area contributed by atoms with Gasteiger partial charge in [-0.1, -0.05) is 0 Å². The maximum absolute atomic E-state index is 9.95. The molecule has 2 rings (SSSR count). The van der Waals surface area contributed by atoms with Crippen LogP contribution in [0.25, 0.3) is 0 Å². The van der Waals surface area contributed by atoms with Gasteiger partial charge in [0.25, 0.3) is 0 Å². The van der Waals surface area contributed by atoms with Crippen LogP contribution >= 0.6 is 11.3 Å². The number of likely N-dealkylation sites (tertiary alicyclic amines) is 1. The standard InChI is InChI=1S/C13H22N2OS/c1-11(12-4-7-17-10-12)14-8-13(16)9-15-5-2-3-6-15/h4,7,10-11,13-14,16H,2-3,5-6,8-9H2,1H3. The summed E-state index contributed by atoms with van der Waals surface area (Å²) in [5.41, 5.74) is 1.31. The van der Waals surface area contributed by atoms with E-state index in [0.29, 0.717) is 12.6 Å². The average Bonchev–Trinajstić information content (AvgIpc) is 2.97. The Morgan fingerprint density at radius 2 is 2.24 bits per heavy atom. The highest BCUT2D eigenvalue weighted by Crippen LogP contribution is 2.15. The predicted octanol–water partition coefficient (Wildman–Crippen LogP) is 1.86. The minimum Gasteiger partial charge on any atom is -0.390 e. The summed E-state index contributed by atoms with van der Waals surface area (Å²) in [6.45, 7) is 5.93. The summed E-state index contributed by atoms with van der Waals surface area (Å²) in [6.07, 6.45) is 2.31. The van der Waals surface area contributed by atoms with E-state index in [-0.39, 0.29) is 6.10 Å². The smallest absolute Gasteiger partial charge is 0.0791 e. The van der Waals surface area contributed by atoms with Gasteiger partial charge in [-0.15, -0.1) is 0 Å². The fraction of sp³-hybridized carbons (Fsp3) is 0.692. The first-order valence-corrected chi connectivity index (χ1v) is 7.36. The molecule has 17 heavy (non-hydrogen) atoms. The molecule has 0 aliphatic carbocycles. The van der Waals surface area contributed by atoms with Gasteiger partial charge in [0.1, 0.15) is 0 Å². The molecule has 4 heteroatoms. The highest BCUT2D eigenvalue weighted by molar-refractivity contribution is 7.07. The second-order valence-corrected chi connectivity index (χ2v) is 5.63. The predicted molar refractivity (Wildman–Crippen MR) is 72.4 cm³/mol. The number of hydrogen-bond donors (Lipinski definition) is 2. The molecule has 1 aromatic rings. The van der Waals surface area contributed by atoms with Crippen LogP contribution in [0.2, 0.25) is 0 Å². The lowest BCUT2D eigenvalue weighted by Crippen LogP contribution is -2.37. The summed E-state index contributed by atoms with van der Waals surface area (Å²) in [5, 5.41) is 17.6. The zero-order valence-corrected chi connectivity index (χ0v) is 11.2. The van der Waals surface area contributed by atoms with E-state index in [9.17, 15) is 5.11 Å². The summed E-state index contributed by atoms with van der Waals surface area (Å²) in [6, 6.07) is 2.46. The Labute approximate surface area is 107 Å². The van der Waals surface area contributed by atoms with E-state index in [1.807, 2.05) is 0 Å². The first kappa shape index (κ1) is 13.0. The minimum absolute atomic E-state index is 0.255. The van der Waals surface area contributed by atoms with Crippen LogP contribution in [0.1, 0.15) is 31.4 Å². The van der Waals surface area contributed by atoms with Crippen molar-refractivity contribution in [2.75, 3.05) is 26.2 Å². The van der Waals surface area contributed by atoms with Crippen LogP contribution in [-0.2, 0) is 0 Å². The lowest BCUT2D eigenvalue weighted by atomic mass is 10.2. The van der Waals surface area contributed by atoms with Gasteiger partial charge in [-0.2, -0.15) is 11.3 Å². The van der Waals surface area contributed by atoms with Crippen molar-refractivity contribution < 1.29 is 5.11 Å².